The van der Waals surface area contributed by atoms with Gasteiger partial charge < -0.3 is 21.3 Å². The highest BCUT2D eigenvalue weighted by Gasteiger charge is 2.23. The van der Waals surface area contributed by atoms with E-state index in [0.717, 1.165) is 18.7 Å². The second kappa shape index (κ2) is 11.3. The molecule has 0 aliphatic carbocycles. The zero-order valence-electron chi connectivity index (χ0n) is 19.4. The van der Waals surface area contributed by atoms with Gasteiger partial charge in [-0.3, -0.25) is 4.90 Å². The fraction of sp³-hybridized carbons (Fsp3) is 0.259. The predicted molar refractivity (Wildman–Crippen MR) is 137 cm³/mol. The molecule has 0 saturated carbocycles. The summed E-state index contributed by atoms with van der Waals surface area (Å²) in [7, 11) is 0. The number of benzene rings is 3. The number of aryl methyl sites for hydroxylation is 1. The predicted octanol–water partition coefficient (Wildman–Crippen LogP) is 5.60. The van der Waals surface area contributed by atoms with Crippen LogP contribution in [-0.2, 0) is 0 Å². The van der Waals surface area contributed by atoms with Gasteiger partial charge in [-0.2, -0.15) is 0 Å². The Kier molecular flexibility index (Phi) is 7.78. The Hall–Kier alpha value is -3.84. The Bertz CT molecular complexity index is 1100. The monoisotopic (exact) mass is 457 g/mol. The lowest BCUT2D eigenvalue weighted by Gasteiger charge is -2.28. The molecule has 7 heteroatoms. The van der Waals surface area contributed by atoms with Crippen molar-refractivity contribution in [2.75, 3.05) is 35.6 Å². The van der Waals surface area contributed by atoms with Gasteiger partial charge in [-0.1, -0.05) is 54.6 Å². The average Bonchev–Trinajstić information content (AvgIpc) is 3.37. The lowest BCUT2D eigenvalue weighted by Crippen LogP contribution is -2.38. The first kappa shape index (κ1) is 23.3. The van der Waals surface area contributed by atoms with Crippen LogP contribution in [0.2, 0.25) is 0 Å². The second-order valence-electron chi connectivity index (χ2n) is 8.48. The normalized spacial score (nSPS) is 14.3. The van der Waals surface area contributed by atoms with Crippen LogP contribution in [0, 0.1) is 6.92 Å². The Morgan fingerprint density at radius 1 is 0.794 bits per heavy atom. The Morgan fingerprint density at radius 2 is 1.44 bits per heavy atom. The molecule has 0 bridgehead atoms. The zero-order valence-corrected chi connectivity index (χ0v) is 19.4. The summed E-state index contributed by atoms with van der Waals surface area (Å²) >= 11 is 0. The molecule has 3 aromatic rings. The maximum Gasteiger partial charge on any atom is 0.323 e. The number of likely N-dealkylation sites (tertiary alicyclic amines) is 1. The standard InChI is InChI=1S/C27H31N5O2/c1-20-14-15-23(30-27(34)29-22-12-6-3-7-13-22)18-24(20)31-26(33)28-19-25(32-16-8-9-17-32)21-10-4-2-5-11-21/h2-7,10-15,18,25H,8-9,16-17,19H2,1H3,(H2,28,31,33)(H2,29,30,34). The largest absolute Gasteiger partial charge is 0.336 e. The van der Waals surface area contributed by atoms with Crippen LogP contribution in [0.3, 0.4) is 0 Å². The molecule has 1 heterocycles. The third-order valence-corrected chi connectivity index (χ3v) is 6.00. The third kappa shape index (κ3) is 6.36. The highest BCUT2D eigenvalue weighted by atomic mass is 16.2. The van der Waals surface area contributed by atoms with E-state index in [1.54, 1.807) is 6.07 Å². The smallest absolute Gasteiger partial charge is 0.323 e. The van der Waals surface area contributed by atoms with Crippen LogP contribution >= 0.6 is 0 Å². The molecule has 176 valence electrons. The minimum absolute atomic E-state index is 0.144. The summed E-state index contributed by atoms with van der Waals surface area (Å²) in [5.74, 6) is 0. The van der Waals surface area contributed by atoms with Gasteiger partial charge >= 0.3 is 12.1 Å². The number of para-hydroxylation sites is 1. The van der Waals surface area contributed by atoms with E-state index < -0.39 is 0 Å². The Labute approximate surface area is 200 Å². The van der Waals surface area contributed by atoms with E-state index >= 15 is 0 Å². The van der Waals surface area contributed by atoms with Crippen LogP contribution in [0.5, 0.6) is 0 Å². The molecule has 34 heavy (non-hydrogen) atoms. The number of hydrogen-bond donors (Lipinski definition) is 4. The van der Waals surface area contributed by atoms with Gasteiger partial charge in [-0.05, 0) is 68.2 Å². The summed E-state index contributed by atoms with van der Waals surface area (Å²) in [6.45, 7) is 4.52. The van der Waals surface area contributed by atoms with E-state index in [1.165, 1.54) is 18.4 Å². The maximum absolute atomic E-state index is 12.7. The summed E-state index contributed by atoms with van der Waals surface area (Å²) in [5.41, 5.74) is 4.05. The summed E-state index contributed by atoms with van der Waals surface area (Å²) < 4.78 is 0. The van der Waals surface area contributed by atoms with Crippen molar-refractivity contribution in [1.82, 2.24) is 10.2 Å². The number of urea groups is 2. The Morgan fingerprint density at radius 3 is 2.15 bits per heavy atom. The van der Waals surface area contributed by atoms with Crippen LogP contribution in [0.25, 0.3) is 0 Å². The molecule has 0 spiro atoms. The Balaban J connectivity index is 1.36. The topological polar surface area (TPSA) is 85.5 Å². The van der Waals surface area contributed by atoms with Crippen LogP contribution < -0.4 is 21.3 Å². The van der Waals surface area contributed by atoms with E-state index in [9.17, 15) is 9.59 Å². The lowest BCUT2D eigenvalue weighted by atomic mass is 10.1. The summed E-state index contributed by atoms with van der Waals surface area (Å²) in [5, 5.41) is 11.6. The first-order chi connectivity index (χ1) is 16.6. The molecular formula is C27H31N5O2. The van der Waals surface area contributed by atoms with E-state index in [1.807, 2.05) is 67.6 Å². The van der Waals surface area contributed by atoms with Crippen molar-refractivity contribution in [2.45, 2.75) is 25.8 Å². The molecule has 1 aliphatic heterocycles. The second-order valence-corrected chi connectivity index (χ2v) is 8.48. The highest BCUT2D eigenvalue weighted by molar-refractivity contribution is 6.00. The summed E-state index contributed by atoms with van der Waals surface area (Å²) in [4.78, 5) is 27.5. The minimum atomic E-state index is -0.346. The minimum Gasteiger partial charge on any atom is -0.336 e. The van der Waals surface area contributed by atoms with E-state index in [2.05, 4.69) is 38.3 Å². The van der Waals surface area contributed by atoms with Crippen LogP contribution in [-0.4, -0.2) is 36.6 Å². The number of hydrogen-bond acceptors (Lipinski definition) is 3. The molecule has 3 aromatic carbocycles. The quantitative estimate of drug-likeness (QED) is 0.373. The molecular weight excluding hydrogens is 426 g/mol. The highest BCUT2D eigenvalue weighted by Crippen LogP contribution is 2.25. The number of carbonyl (C=O) groups excluding carboxylic acids is 2. The molecule has 4 N–H and O–H groups in total. The van der Waals surface area contributed by atoms with Gasteiger partial charge in [0.2, 0.25) is 0 Å². The van der Waals surface area contributed by atoms with Crippen molar-refractivity contribution in [1.29, 1.82) is 0 Å². The van der Waals surface area contributed by atoms with Crippen molar-refractivity contribution in [3.63, 3.8) is 0 Å². The number of carbonyl (C=O) groups is 2. The molecule has 1 fully saturated rings. The number of rotatable bonds is 7. The van der Waals surface area contributed by atoms with E-state index in [4.69, 9.17) is 0 Å². The van der Waals surface area contributed by atoms with Gasteiger partial charge in [-0.25, -0.2) is 9.59 Å². The molecule has 4 amide bonds. The number of anilines is 3. The van der Waals surface area contributed by atoms with E-state index in [-0.39, 0.29) is 18.1 Å². The fourth-order valence-corrected chi connectivity index (χ4v) is 4.19. The number of amides is 4. The van der Waals surface area contributed by atoms with Crippen LogP contribution in [0.1, 0.15) is 30.0 Å². The van der Waals surface area contributed by atoms with Crippen molar-refractivity contribution in [2.24, 2.45) is 0 Å². The lowest BCUT2D eigenvalue weighted by molar-refractivity contribution is 0.227. The number of nitrogens with zero attached hydrogens (tertiary/aromatic N) is 1. The summed E-state index contributed by atoms with van der Waals surface area (Å²) in [6.07, 6.45) is 2.37. The van der Waals surface area contributed by atoms with Gasteiger partial charge in [0.15, 0.2) is 0 Å². The average molecular weight is 458 g/mol. The van der Waals surface area contributed by atoms with Crippen molar-refractivity contribution in [3.8, 4) is 0 Å². The third-order valence-electron chi connectivity index (χ3n) is 6.00. The molecule has 1 atom stereocenters. The zero-order chi connectivity index (χ0) is 23.8. The molecule has 0 radical (unpaired) electrons. The molecule has 1 saturated heterocycles. The van der Waals surface area contributed by atoms with Gasteiger partial charge in [0.25, 0.3) is 0 Å². The molecule has 0 aromatic heterocycles. The number of nitrogens with one attached hydrogen (secondary N) is 4. The maximum atomic E-state index is 12.7. The van der Waals surface area contributed by atoms with E-state index in [0.29, 0.717) is 23.6 Å². The van der Waals surface area contributed by atoms with Crippen LogP contribution in [0.4, 0.5) is 26.7 Å². The molecule has 7 nitrogen and oxygen atoms in total. The molecule has 1 unspecified atom stereocenters. The van der Waals surface area contributed by atoms with Gasteiger partial charge in [0, 0.05) is 23.6 Å². The van der Waals surface area contributed by atoms with Gasteiger partial charge in [0.05, 0.1) is 6.04 Å². The summed E-state index contributed by atoms with van der Waals surface area (Å²) in [6, 6.07) is 24.5. The SMILES string of the molecule is Cc1ccc(NC(=O)Nc2ccccc2)cc1NC(=O)NCC(c1ccccc1)N1CCCC1. The van der Waals surface area contributed by atoms with Crippen molar-refractivity contribution in [3.05, 3.63) is 90.0 Å². The van der Waals surface area contributed by atoms with Crippen LogP contribution in [0.15, 0.2) is 78.9 Å². The first-order valence-corrected chi connectivity index (χ1v) is 11.7. The molecule has 4 rings (SSSR count). The van der Waals surface area contributed by atoms with Gasteiger partial charge in [-0.15, -0.1) is 0 Å². The first-order valence-electron chi connectivity index (χ1n) is 11.7. The molecule has 1 aliphatic rings. The van der Waals surface area contributed by atoms with Gasteiger partial charge in [0.1, 0.15) is 0 Å². The van der Waals surface area contributed by atoms with Crippen molar-refractivity contribution >= 4 is 29.1 Å². The van der Waals surface area contributed by atoms with Crippen molar-refractivity contribution < 1.29 is 9.59 Å². The fourth-order valence-electron chi connectivity index (χ4n) is 4.19.